The van der Waals surface area contributed by atoms with Crippen molar-refractivity contribution in [3.05, 3.63) is 35.2 Å². The van der Waals surface area contributed by atoms with Crippen molar-refractivity contribution in [2.75, 3.05) is 13.2 Å². The van der Waals surface area contributed by atoms with E-state index in [0.29, 0.717) is 29.9 Å². The first-order chi connectivity index (χ1) is 12.6. The normalized spacial score (nSPS) is 16.7. The van der Waals surface area contributed by atoms with Crippen LogP contribution in [0.1, 0.15) is 44.5 Å². The third kappa shape index (κ3) is 4.22. The van der Waals surface area contributed by atoms with E-state index in [0.717, 1.165) is 18.4 Å². The summed E-state index contributed by atoms with van der Waals surface area (Å²) in [7, 11) is 0. The zero-order chi connectivity index (χ0) is 18.5. The number of halogens is 1. The highest BCUT2D eigenvalue weighted by atomic mass is 35.5. The molecule has 3 rings (SSSR count). The van der Waals surface area contributed by atoms with E-state index in [1.165, 1.54) is 0 Å². The Kier molecular flexibility index (Phi) is 5.88. The number of ether oxygens (including phenoxy) is 1. The summed E-state index contributed by atoms with van der Waals surface area (Å²) < 4.78 is 10.3. The standard InChI is InChI=1S/C18H20ClN3O4/c1-2-25-16(24)10-9-15(23)22-11-3-4-14(22)18-20-17(21-26-18)12-5-7-13(19)8-6-12/h5-8,14H,2-4,9-11H2,1H3. The van der Waals surface area contributed by atoms with Crippen LogP contribution in [-0.4, -0.2) is 40.1 Å². The Labute approximate surface area is 156 Å². The minimum absolute atomic E-state index is 0.0791. The van der Waals surface area contributed by atoms with E-state index < -0.39 is 0 Å². The van der Waals surface area contributed by atoms with E-state index in [9.17, 15) is 9.59 Å². The van der Waals surface area contributed by atoms with Gasteiger partial charge in [0.1, 0.15) is 6.04 Å². The van der Waals surface area contributed by atoms with Gasteiger partial charge in [0.25, 0.3) is 0 Å². The minimum atomic E-state index is -0.362. The molecule has 1 aliphatic heterocycles. The number of likely N-dealkylation sites (tertiary alicyclic amines) is 1. The Morgan fingerprint density at radius 1 is 1.31 bits per heavy atom. The van der Waals surface area contributed by atoms with Crippen LogP contribution in [0.25, 0.3) is 11.4 Å². The Morgan fingerprint density at radius 2 is 2.08 bits per heavy atom. The molecule has 0 radical (unpaired) electrons. The number of benzene rings is 1. The van der Waals surface area contributed by atoms with Crippen molar-refractivity contribution in [1.29, 1.82) is 0 Å². The fourth-order valence-corrected chi connectivity index (χ4v) is 3.12. The minimum Gasteiger partial charge on any atom is -0.466 e. The van der Waals surface area contributed by atoms with E-state index >= 15 is 0 Å². The van der Waals surface area contributed by atoms with Gasteiger partial charge in [0.15, 0.2) is 0 Å². The van der Waals surface area contributed by atoms with Crippen LogP contribution in [0, 0.1) is 0 Å². The summed E-state index contributed by atoms with van der Waals surface area (Å²) >= 11 is 5.89. The third-order valence-corrected chi connectivity index (χ3v) is 4.50. The maximum Gasteiger partial charge on any atom is 0.306 e. The third-order valence-electron chi connectivity index (χ3n) is 4.25. The number of esters is 1. The monoisotopic (exact) mass is 377 g/mol. The van der Waals surface area contributed by atoms with Gasteiger partial charge < -0.3 is 14.2 Å². The van der Waals surface area contributed by atoms with Crippen LogP contribution in [-0.2, 0) is 14.3 Å². The zero-order valence-electron chi connectivity index (χ0n) is 14.5. The van der Waals surface area contributed by atoms with E-state index in [1.54, 1.807) is 24.0 Å². The highest BCUT2D eigenvalue weighted by Crippen LogP contribution is 2.32. The molecule has 0 aliphatic carbocycles. The lowest BCUT2D eigenvalue weighted by Gasteiger charge is -2.21. The van der Waals surface area contributed by atoms with Crippen LogP contribution in [0.5, 0.6) is 0 Å². The number of rotatable bonds is 6. The molecule has 1 fully saturated rings. The molecule has 2 heterocycles. The number of hydrogen-bond donors (Lipinski definition) is 0. The molecule has 1 amide bonds. The van der Waals surface area contributed by atoms with Gasteiger partial charge in [0.2, 0.25) is 17.6 Å². The fourth-order valence-electron chi connectivity index (χ4n) is 2.99. The van der Waals surface area contributed by atoms with Crippen molar-refractivity contribution < 1.29 is 18.8 Å². The molecule has 1 unspecified atom stereocenters. The summed E-state index contributed by atoms with van der Waals surface area (Å²) in [6.07, 6.45) is 1.81. The molecule has 0 spiro atoms. The van der Waals surface area contributed by atoms with E-state index in [1.807, 2.05) is 12.1 Å². The first kappa shape index (κ1) is 18.4. The van der Waals surface area contributed by atoms with Crippen molar-refractivity contribution in [3.8, 4) is 11.4 Å². The van der Waals surface area contributed by atoms with Gasteiger partial charge in [0.05, 0.1) is 13.0 Å². The summed E-state index contributed by atoms with van der Waals surface area (Å²) in [6, 6.07) is 6.89. The number of hydrogen-bond acceptors (Lipinski definition) is 6. The van der Waals surface area contributed by atoms with Crippen molar-refractivity contribution in [1.82, 2.24) is 15.0 Å². The summed E-state index contributed by atoms with van der Waals surface area (Å²) in [5, 5.41) is 4.64. The van der Waals surface area contributed by atoms with Gasteiger partial charge in [-0.2, -0.15) is 4.98 Å². The number of aromatic nitrogens is 2. The number of carbonyl (C=O) groups is 2. The molecule has 7 nitrogen and oxygen atoms in total. The van der Waals surface area contributed by atoms with Crippen LogP contribution in [0.2, 0.25) is 5.02 Å². The SMILES string of the molecule is CCOC(=O)CCC(=O)N1CCCC1c1nc(-c2ccc(Cl)cc2)no1. The van der Waals surface area contributed by atoms with Crippen molar-refractivity contribution in [2.45, 2.75) is 38.6 Å². The molecule has 1 aromatic carbocycles. The molecule has 0 bridgehead atoms. The van der Waals surface area contributed by atoms with Crippen LogP contribution in [0.15, 0.2) is 28.8 Å². The van der Waals surface area contributed by atoms with E-state index in [2.05, 4.69) is 10.1 Å². The van der Waals surface area contributed by atoms with Gasteiger partial charge in [-0.25, -0.2) is 0 Å². The molecule has 1 saturated heterocycles. The Morgan fingerprint density at radius 3 is 2.81 bits per heavy atom. The Hall–Kier alpha value is -2.41. The summed E-state index contributed by atoms with van der Waals surface area (Å²) in [4.78, 5) is 30.1. The molecular weight excluding hydrogens is 358 g/mol. The fraction of sp³-hybridized carbons (Fsp3) is 0.444. The van der Waals surface area contributed by atoms with Crippen LogP contribution in [0.3, 0.4) is 0 Å². The average molecular weight is 378 g/mol. The second-order valence-corrected chi connectivity index (χ2v) is 6.45. The second-order valence-electron chi connectivity index (χ2n) is 6.01. The summed E-state index contributed by atoms with van der Waals surface area (Å²) in [5.41, 5.74) is 0.794. The summed E-state index contributed by atoms with van der Waals surface area (Å²) in [5.74, 6) is 0.408. The van der Waals surface area contributed by atoms with Crippen LogP contribution < -0.4 is 0 Å². The quantitative estimate of drug-likeness (QED) is 0.717. The van der Waals surface area contributed by atoms with Crippen molar-refractivity contribution >= 4 is 23.5 Å². The van der Waals surface area contributed by atoms with Crippen LogP contribution in [0.4, 0.5) is 0 Å². The number of nitrogens with zero attached hydrogens (tertiary/aromatic N) is 3. The predicted molar refractivity (Wildman–Crippen MR) is 94.3 cm³/mol. The van der Waals surface area contributed by atoms with E-state index in [4.69, 9.17) is 20.9 Å². The van der Waals surface area contributed by atoms with Gasteiger partial charge >= 0.3 is 5.97 Å². The van der Waals surface area contributed by atoms with Gasteiger partial charge in [0, 0.05) is 23.6 Å². The molecule has 0 N–H and O–H groups in total. The molecule has 1 aromatic heterocycles. The Balaban J connectivity index is 1.67. The van der Waals surface area contributed by atoms with Gasteiger partial charge in [-0.3, -0.25) is 9.59 Å². The van der Waals surface area contributed by atoms with Crippen molar-refractivity contribution in [2.24, 2.45) is 0 Å². The van der Waals surface area contributed by atoms with Crippen molar-refractivity contribution in [3.63, 3.8) is 0 Å². The molecule has 0 saturated carbocycles. The number of carbonyl (C=O) groups excluding carboxylic acids is 2. The lowest BCUT2D eigenvalue weighted by atomic mass is 10.2. The van der Waals surface area contributed by atoms with Crippen LogP contribution >= 0.6 is 11.6 Å². The average Bonchev–Trinajstić information content (AvgIpc) is 3.29. The smallest absolute Gasteiger partial charge is 0.306 e. The predicted octanol–water partition coefficient (Wildman–Crippen LogP) is 3.40. The van der Waals surface area contributed by atoms with Gasteiger partial charge in [-0.15, -0.1) is 0 Å². The van der Waals surface area contributed by atoms with Gasteiger partial charge in [-0.05, 0) is 44.0 Å². The molecule has 1 aliphatic rings. The topological polar surface area (TPSA) is 85.5 Å². The highest BCUT2D eigenvalue weighted by Gasteiger charge is 2.34. The number of amides is 1. The van der Waals surface area contributed by atoms with E-state index in [-0.39, 0.29) is 30.8 Å². The largest absolute Gasteiger partial charge is 0.466 e. The zero-order valence-corrected chi connectivity index (χ0v) is 15.2. The maximum absolute atomic E-state index is 12.5. The highest BCUT2D eigenvalue weighted by molar-refractivity contribution is 6.30. The maximum atomic E-state index is 12.5. The molecule has 8 heteroatoms. The second kappa shape index (κ2) is 8.31. The molecule has 2 aromatic rings. The van der Waals surface area contributed by atoms with Gasteiger partial charge in [-0.1, -0.05) is 16.8 Å². The molecule has 26 heavy (non-hydrogen) atoms. The lowest BCUT2D eigenvalue weighted by molar-refractivity contribution is -0.146. The summed E-state index contributed by atoms with van der Waals surface area (Å²) in [6.45, 7) is 2.67. The Bertz CT molecular complexity index is 775. The molecular formula is C18H20ClN3O4. The first-order valence-electron chi connectivity index (χ1n) is 8.63. The molecule has 1 atom stereocenters. The first-order valence-corrected chi connectivity index (χ1v) is 9.01. The lowest BCUT2D eigenvalue weighted by Crippen LogP contribution is -2.31. The molecule has 138 valence electrons.